The highest BCUT2D eigenvalue weighted by Gasteiger charge is 2.26. The number of nitrogen functional groups attached to an aromatic ring is 1. The lowest BCUT2D eigenvalue weighted by molar-refractivity contribution is -0.384. The van der Waals surface area contributed by atoms with Crippen molar-refractivity contribution in [1.82, 2.24) is 4.90 Å². The van der Waals surface area contributed by atoms with E-state index in [0.717, 1.165) is 18.9 Å². The van der Waals surface area contributed by atoms with Gasteiger partial charge in [0.05, 0.1) is 21.2 Å². The zero-order valence-corrected chi connectivity index (χ0v) is 11.9. The van der Waals surface area contributed by atoms with Crippen molar-refractivity contribution in [1.29, 1.82) is 0 Å². The number of carbonyl (C=O) groups is 1. The Labute approximate surface area is 121 Å². The first-order chi connectivity index (χ1) is 9.40. The molecule has 1 fully saturated rings. The van der Waals surface area contributed by atoms with Crippen molar-refractivity contribution >= 4 is 28.9 Å². The Morgan fingerprint density at radius 1 is 1.55 bits per heavy atom. The Balaban J connectivity index is 2.35. The third-order valence-corrected chi connectivity index (χ3v) is 3.81. The summed E-state index contributed by atoms with van der Waals surface area (Å²) in [6, 6.07) is 2.36. The highest BCUT2D eigenvalue weighted by molar-refractivity contribution is 6.34. The number of nitro benzene ring substituents is 1. The minimum absolute atomic E-state index is 0.0348. The molecule has 6 nitrogen and oxygen atoms in total. The zero-order valence-electron chi connectivity index (χ0n) is 11.1. The number of likely N-dealkylation sites (tertiary alicyclic amines) is 1. The Morgan fingerprint density at radius 3 is 2.85 bits per heavy atom. The molecular weight excluding hydrogens is 282 g/mol. The number of benzene rings is 1. The smallest absolute Gasteiger partial charge is 0.271 e. The van der Waals surface area contributed by atoms with Crippen LogP contribution in [0.25, 0.3) is 0 Å². The minimum Gasteiger partial charge on any atom is -0.397 e. The van der Waals surface area contributed by atoms with Gasteiger partial charge in [-0.05, 0) is 18.8 Å². The van der Waals surface area contributed by atoms with Gasteiger partial charge in [0.2, 0.25) is 0 Å². The lowest BCUT2D eigenvalue weighted by Crippen LogP contribution is -2.39. The van der Waals surface area contributed by atoms with Gasteiger partial charge in [0, 0.05) is 25.2 Å². The number of carbonyl (C=O) groups excluding carboxylic acids is 1. The van der Waals surface area contributed by atoms with Crippen LogP contribution in [0.2, 0.25) is 5.02 Å². The fourth-order valence-electron chi connectivity index (χ4n) is 2.43. The number of anilines is 1. The molecule has 1 aliphatic rings. The second-order valence-corrected chi connectivity index (χ2v) is 5.55. The number of rotatable bonds is 2. The maximum absolute atomic E-state index is 12.5. The highest BCUT2D eigenvalue weighted by atomic mass is 35.5. The van der Waals surface area contributed by atoms with Gasteiger partial charge in [-0.25, -0.2) is 0 Å². The summed E-state index contributed by atoms with van der Waals surface area (Å²) in [7, 11) is 0. The first kappa shape index (κ1) is 14.6. The van der Waals surface area contributed by atoms with Crippen LogP contribution in [-0.2, 0) is 0 Å². The molecule has 0 spiro atoms. The van der Waals surface area contributed by atoms with E-state index in [9.17, 15) is 14.9 Å². The molecule has 1 aliphatic heterocycles. The monoisotopic (exact) mass is 297 g/mol. The van der Waals surface area contributed by atoms with Crippen LogP contribution < -0.4 is 5.73 Å². The van der Waals surface area contributed by atoms with E-state index in [1.165, 1.54) is 6.07 Å². The molecule has 1 saturated heterocycles. The summed E-state index contributed by atoms with van der Waals surface area (Å²) >= 11 is 5.87. The predicted octanol–water partition coefficient (Wildman–Crippen LogP) is 2.70. The lowest BCUT2D eigenvalue weighted by atomic mass is 9.99. The van der Waals surface area contributed by atoms with Crippen LogP contribution in [0, 0.1) is 16.0 Å². The number of hydrogen-bond donors (Lipinski definition) is 1. The summed E-state index contributed by atoms with van der Waals surface area (Å²) in [5.74, 6) is 0.128. The Kier molecular flexibility index (Phi) is 4.13. The number of amides is 1. The second-order valence-electron chi connectivity index (χ2n) is 5.14. The SMILES string of the molecule is CC1CCCN(C(=O)c2cc([N+](=O)[O-])cc(Cl)c2N)C1. The molecule has 7 heteroatoms. The molecule has 1 unspecified atom stereocenters. The van der Waals surface area contributed by atoms with Crippen molar-refractivity contribution < 1.29 is 9.72 Å². The van der Waals surface area contributed by atoms with E-state index in [2.05, 4.69) is 6.92 Å². The third kappa shape index (κ3) is 2.85. The molecule has 0 aromatic heterocycles. The molecule has 0 bridgehead atoms. The van der Waals surface area contributed by atoms with E-state index < -0.39 is 4.92 Å². The van der Waals surface area contributed by atoms with Crippen LogP contribution in [0.3, 0.4) is 0 Å². The molecule has 0 radical (unpaired) electrons. The van der Waals surface area contributed by atoms with E-state index in [0.29, 0.717) is 19.0 Å². The first-order valence-corrected chi connectivity index (χ1v) is 6.80. The average Bonchev–Trinajstić information content (AvgIpc) is 2.40. The molecule has 0 saturated carbocycles. The van der Waals surface area contributed by atoms with Crippen LogP contribution in [-0.4, -0.2) is 28.8 Å². The van der Waals surface area contributed by atoms with Crippen molar-refractivity contribution in [3.63, 3.8) is 0 Å². The molecule has 1 aromatic carbocycles. The molecule has 2 N–H and O–H groups in total. The van der Waals surface area contributed by atoms with Crippen molar-refractivity contribution in [3.05, 3.63) is 32.8 Å². The van der Waals surface area contributed by atoms with E-state index in [1.807, 2.05) is 0 Å². The highest BCUT2D eigenvalue weighted by Crippen LogP contribution is 2.30. The van der Waals surface area contributed by atoms with Gasteiger partial charge < -0.3 is 10.6 Å². The summed E-state index contributed by atoms with van der Waals surface area (Å²) in [6.45, 7) is 3.35. The predicted molar refractivity (Wildman–Crippen MR) is 76.8 cm³/mol. The number of piperidine rings is 1. The fourth-order valence-corrected chi connectivity index (χ4v) is 2.64. The van der Waals surface area contributed by atoms with Gasteiger partial charge in [0.15, 0.2) is 0 Å². The largest absolute Gasteiger partial charge is 0.397 e. The molecule has 0 aliphatic carbocycles. The van der Waals surface area contributed by atoms with Crippen LogP contribution in [0.5, 0.6) is 0 Å². The van der Waals surface area contributed by atoms with Gasteiger partial charge in [0.25, 0.3) is 11.6 Å². The Bertz CT molecular complexity index is 562. The van der Waals surface area contributed by atoms with Crippen molar-refractivity contribution in [2.24, 2.45) is 5.92 Å². The van der Waals surface area contributed by atoms with E-state index in [1.54, 1.807) is 4.90 Å². The molecule has 1 amide bonds. The van der Waals surface area contributed by atoms with Crippen molar-refractivity contribution in [3.8, 4) is 0 Å². The van der Waals surface area contributed by atoms with Gasteiger partial charge in [-0.15, -0.1) is 0 Å². The van der Waals surface area contributed by atoms with E-state index in [-0.39, 0.29) is 27.9 Å². The van der Waals surface area contributed by atoms with Crippen molar-refractivity contribution in [2.45, 2.75) is 19.8 Å². The zero-order chi connectivity index (χ0) is 14.9. The number of halogens is 1. The maximum atomic E-state index is 12.5. The van der Waals surface area contributed by atoms with Gasteiger partial charge >= 0.3 is 0 Å². The van der Waals surface area contributed by atoms with Gasteiger partial charge in [-0.3, -0.25) is 14.9 Å². The summed E-state index contributed by atoms with van der Waals surface area (Å²) < 4.78 is 0. The maximum Gasteiger partial charge on any atom is 0.271 e. The summed E-state index contributed by atoms with van der Waals surface area (Å²) in [4.78, 5) is 24.4. The van der Waals surface area contributed by atoms with E-state index >= 15 is 0 Å². The quantitative estimate of drug-likeness (QED) is 0.516. The normalized spacial score (nSPS) is 18.9. The molecule has 108 valence electrons. The standard InChI is InChI=1S/C13H16ClN3O3/c1-8-3-2-4-16(7-8)13(18)10-5-9(17(19)20)6-11(14)12(10)15/h5-6,8H,2-4,7,15H2,1H3. The molecule has 1 atom stereocenters. The number of hydrogen-bond acceptors (Lipinski definition) is 4. The average molecular weight is 298 g/mol. The van der Waals surface area contributed by atoms with Crippen LogP contribution in [0.4, 0.5) is 11.4 Å². The molecule has 2 rings (SSSR count). The van der Waals surface area contributed by atoms with Gasteiger partial charge in [-0.1, -0.05) is 18.5 Å². The van der Waals surface area contributed by atoms with Gasteiger partial charge in [0.1, 0.15) is 0 Å². The topological polar surface area (TPSA) is 89.5 Å². The number of nitro groups is 1. The Hall–Kier alpha value is -1.82. The lowest BCUT2D eigenvalue weighted by Gasteiger charge is -2.31. The van der Waals surface area contributed by atoms with Crippen LogP contribution in [0.15, 0.2) is 12.1 Å². The summed E-state index contributed by atoms with van der Waals surface area (Å²) in [5.41, 5.74) is 5.77. The number of non-ortho nitro benzene ring substituents is 1. The van der Waals surface area contributed by atoms with Crippen molar-refractivity contribution in [2.75, 3.05) is 18.8 Å². The van der Waals surface area contributed by atoms with Gasteiger partial charge in [-0.2, -0.15) is 0 Å². The first-order valence-electron chi connectivity index (χ1n) is 6.43. The summed E-state index contributed by atoms with van der Waals surface area (Å²) in [6.07, 6.45) is 2.00. The third-order valence-electron chi connectivity index (χ3n) is 3.50. The number of nitrogens with zero attached hydrogens (tertiary/aromatic N) is 2. The van der Waals surface area contributed by atoms with E-state index in [4.69, 9.17) is 17.3 Å². The van der Waals surface area contributed by atoms with Crippen LogP contribution >= 0.6 is 11.6 Å². The Morgan fingerprint density at radius 2 is 2.25 bits per heavy atom. The summed E-state index contributed by atoms with van der Waals surface area (Å²) in [5, 5.41) is 10.9. The second kappa shape index (κ2) is 5.66. The molecule has 20 heavy (non-hydrogen) atoms. The minimum atomic E-state index is -0.582. The molecular formula is C13H16ClN3O3. The molecule has 1 aromatic rings. The molecule has 1 heterocycles. The fraction of sp³-hybridized carbons (Fsp3) is 0.462. The number of nitrogens with two attached hydrogens (primary N) is 1. The van der Waals surface area contributed by atoms with Crippen LogP contribution in [0.1, 0.15) is 30.1 Å².